The second-order valence-corrected chi connectivity index (χ2v) is 7.75. The quantitative estimate of drug-likeness (QED) is 0.785. The number of carbonyl (C=O) groups is 1. The maximum Gasteiger partial charge on any atom is 0.236 e. The summed E-state index contributed by atoms with van der Waals surface area (Å²) < 4.78 is 6.50. The Balaban J connectivity index is 1.80. The normalized spacial score (nSPS) is 19.6. The first-order valence-corrected chi connectivity index (χ1v) is 8.60. The highest BCUT2D eigenvalue weighted by Crippen LogP contribution is 2.22. The summed E-state index contributed by atoms with van der Waals surface area (Å²) in [5, 5.41) is 0. The van der Waals surface area contributed by atoms with Crippen LogP contribution in [-0.2, 0) is 16.1 Å². The Hall–Kier alpha value is -0.660. The lowest BCUT2D eigenvalue weighted by Crippen LogP contribution is -2.49. The van der Waals surface area contributed by atoms with Crippen molar-refractivity contribution in [3.8, 4) is 0 Å². The molecule has 2 rings (SSSR count). The second-order valence-electron chi connectivity index (χ2n) is 5.95. The van der Waals surface area contributed by atoms with Crippen molar-refractivity contribution >= 4 is 28.8 Å². The van der Waals surface area contributed by atoms with Crippen molar-refractivity contribution in [3.05, 3.63) is 21.3 Å². The summed E-state index contributed by atoms with van der Waals surface area (Å²) >= 11 is 7.44. The highest BCUT2D eigenvalue weighted by atomic mass is 35.5. The van der Waals surface area contributed by atoms with Crippen molar-refractivity contribution in [2.75, 3.05) is 53.9 Å². The average molecular weight is 346 g/mol. The van der Waals surface area contributed by atoms with Crippen LogP contribution in [0.2, 0.25) is 4.34 Å². The number of halogens is 1. The smallest absolute Gasteiger partial charge is 0.236 e. The number of amides is 1. The van der Waals surface area contributed by atoms with E-state index in [1.54, 1.807) is 4.90 Å². The van der Waals surface area contributed by atoms with Gasteiger partial charge in [0.25, 0.3) is 0 Å². The van der Waals surface area contributed by atoms with Crippen LogP contribution in [0.25, 0.3) is 0 Å². The molecule has 1 saturated heterocycles. The fourth-order valence-electron chi connectivity index (χ4n) is 2.51. The molecule has 0 N–H and O–H groups in total. The second kappa shape index (κ2) is 8.26. The molecule has 1 aromatic rings. The summed E-state index contributed by atoms with van der Waals surface area (Å²) in [6.07, 6.45) is 0.179. The number of hydrogen-bond acceptors (Lipinski definition) is 5. The fourth-order valence-corrected chi connectivity index (χ4v) is 3.65. The van der Waals surface area contributed by atoms with Crippen LogP contribution in [-0.4, -0.2) is 80.6 Å². The van der Waals surface area contributed by atoms with Crippen LogP contribution in [0, 0.1) is 0 Å². The molecular formula is C15H24ClN3O2S. The Labute approximate surface area is 141 Å². The fraction of sp³-hybridized carbons (Fsp3) is 0.667. The molecule has 1 atom stereocenters. The van der Waals surface area contributed by atoms with E-state index in [9.17, 15) is 4.79 Å². The Morgan fingerprint density at radius 3 is 2.86 bits per heavy atom. The lowest BCUT2D eigenvalue weighted by Gasteiger charge is -2.34. The van der Waals surface area contributed by atoms with Crippen LogP contribution in [0.1, 0.15) is 4.88 Å². The van der Waals surface area contributed by atoms with Gasteiger partial charge in [0.2, 0.25) is 5.91 Å². The molecule has 5 nitrogen and oxygen atoms in total. The first kappa shape index (κ1) is 17.7. The number of hydrogen-bond donors (Lipinski definition) is 0. The molecule has 0 spiro atoms. The van der Waals surface area contributed by atoms with Crippen molar-refractivity contribution in [1.82, 2.24) is 14.7 Å². The molecule has 7 heteroatoms. The predicted molar refractivity (Wildman–Crippen MR) is 90.5 cm³/mol. The molecular weight excluding hydrogens is 322 g/mol. The third-order valence-electron chi connectivity index (χ3n) is 3.60. The number of likely N-dealkylation sites (N-methyl/N-ethyl adjacent to an activating group) is 2. The van der Waals surface area contributed by atoms with Gasteiger partial charge in [-0.2, -0.15) is 0 Å². The number of carbonyl (C=O) groups excluding carboxylic acids is 1. The van der Waals surface area contributed by atoms with E-state index in [2.05, 4.69) is 9.80 Å². The zero-order valence-electron chi connectivity index (χ0n) is 13.4. The van der Waals surface area contributed by atoms with Gasteiger partial charge in [-0.05, 0) is 26.2 Å². The van der Waals surface area contributed by atoms with E-state index >= 15 is 0 Å². The van der Waals surface area contributed by atoms with E-state index in [4.69, 9.17) is 16.3 Å². The predicted octanol–water partition coefficient (Wildman–Crippen LogP) is 1.62. The molecule has 2 heterocycles. The number of thiophene rings is 1. The molecule has 1 amide bonds. The Morgan fingerprint density at radius 1 is 1.45 bits per heavy atom. The van der Waals surface area contributed by atoms with Crippen molar-refractivity contribution in [2.24, 2.45) is 0 Å². The van der Waals surface area contributed by atoms with E-state index in [1.165, 1.54) is 11.3 Å². The van der Waals surface area contributed by atoms with E-state index in [0.717, 1.165) is 28.8 Å². The highest BCUT2D eigenvalue weighted by molar-refractivity contribution is 7.16. The van der Waals surface area contributed by atoms with Gasteiger partial charge < -0.3 is 14.5 Å². The van der Waals surface area contributed by atoms with Crippen molar-refractivity contribution in [2.45, 2.75) is 12.6 Å². The summed E-state index contributed by atoms with van der Waals surface area (Å²) in [5.41, 5.74) is 0. The number of morpholine rings is 1. The Morgan fingerprint density at radius 2 is 2.23 bits per heavy atom. The minimum Gasteiger partial charge on any atom is -0.374 e. The molecule has 0 unspecified atom stereocenters. The van der Waals surface area contributed by atoms with Gasteiger partial charge in [0, 0.05) is 31.6 Å². The van der Waals surface area contributed by atoms with Crippen LogP contribution >= 0.6 is 22.9 Å². The highest BCUT2D eigenvalue weighted by Gasteiger charge is 2.23. The third kappa shape index (κ3) is 5.52. The summed E-state index contributed by atoms with van der Waals surface area (Å²) in [7, 11) is 5.91. The van der Waals surface area contributed by atoms with Crippen LogP contribution in [0.5, 0.6) is 0 Å². The molecule has 22 heavy (non-hydrogen) atoms. The van der Waals surface area contributed by atoms with Gasteiger partial charge in [-0.15, -0.1) is 11.3 Å². The summed E-state index contributed by atoms with van der Waals surface area (Å²) in [5.74, 6) is 0.134. The average Bonchev–Trinajstić information content (AvgIpc) is 2.83. The molecule has 1 aliphatic rings. The minimum atomic E-state index is 0.134. The van der Waals surface area contributed by atoms with E-state index in [-0.39, 0.29) is 12.0 Å². The zero-order chi connectivity index (χ0) is 16.1. The van der Waals surface area contributed by atoms with Gasteiger partial charge in [0.1, 0.15) is 0 Å². The van der Waals surface area contributed by atoms with Crippen LogP contribution in [0.3, 0.4) is 0 Å². The largest absolute Gasteiger partial charge is 0.374 e. The molecule has 1 fully saturated rings. The molecule has 124 valence electrons. The van der Waals surface area contributed by atoms with Crippen molar-refractivity contribution < 1.29 is 9.53 Å². The lowest BCUT2D eigenvalue weighted by molar-refractivity contribution is -0.133. The van der Waals surface area contributed by atoms with Gasteiger partial charge >= 0.3 is 0 Å². The maximum absolute atomic E-state index is 12.4. The number of nitrogens with zero attached hydrogens (tertiary/aromatic N) is 3. The third-order valence-corrected chi connectivity index (χ3v) is 4.81. The molecule has 0 bridgehead atoms. The van der Waals surface area contributed by atoms with Gasteiger partial charge in [-0.3, -0.25) is 9.69 Å². The first-order valence-electron chi connectivity index (χ1n) is 7.41. The van der Waals surface area contributed by atoms with Crippen LogP contribution < -0.4 is 0 Å². The van der Waals surface area contributed by atoms with Crippen LogP contribution in [0.15, 0.2) is 12.1 Å². The zero-order valence-corrected chi connectivity index (χ0v) is 15.0. The number of ether oxygens (including phenoxy) is 1. The minimum absolute atomic E-state index is 0.134. The monoisotopic (exact) mass is 345 g/mol. The maximum atomic E-state index is 12.4. The van der Waals surface area contributed by atoms with E-state index in [1.807, 2.05) is 33.3 Å². The Kier molecular flexibility index (Phi) is 6.65. The Bertz CT molecular complexity index is 495. The topological polar surface area (TPSA) is 36.0 Å². The summed E-state index contributed by atoms with van der Waals surface area (Å²) in [4.78, 5) is 19.5. The van der Waals surface area contributed by atoms with E-state index < -0.39 is 0 Å². The van der Waals surface area contributed by atoms with Gasteiger partial charge in [0.15, 0.2) is 0 Å². The molecule has 0 saturated carbocycles. The summed E-state index contributed by atoms with van der Waals surface area (Å²) in [6, 6.07) is 3.84. The molecule has 0 radical (unpaired) electrons. The lowest BCUT2D eigenvalue weighted by atomic mass is 10.2. The van der Waals surface area contributed by atoms with Crippen molar-refractivity contribution in [3.63, 3.8) is 0 Å². The molecule has 1 aliphatic heterocycles. The molecule has 0 aliphatic carbocycles. The van der Waals surface area contributed by atoms with E-state index in [0.29, 0.717) is 19.7 Å². The molecule has 0 aromatic carbocycles. The van der Waals surface area contributed by atoms with Gasteiger partial charge in [-0.1, -0.05) is 11.6 Å². The summed E-state index contributed by atoms with van der Waals surface area (Å²) in [6.45, 7) is 4.26. The number of rotatable bonds is 6. The molecule has 1 aromatic heterocycles. The van der Waals surface area contributed by atoms with Gasteiger partial charge in [0.05, 0.1) is 30.1 Å². The van der Waals surface area contributed by atoms with Gasteiger partial charge in [-0.25, -0.2) is 0 Å². The van der Waals surface area contributed by atoms with Crippen LogP contribution in [0.4, 0.5) is 0 Å². The first-order chi connectivity index (χ1) is 10.4. The standard InChI is InChI=1S/C15H24ClN3O2S/c1-17(2)8-12-9-19(6-7-21-12)11-15(20)18(3)10-13-4-5-14(16)22-13/h4-5,12H,6-11H2,1-3H3/t12-/m0/s1. The van der Waals surface area contributed by atoms with Crippen molar-refractivity contribution in [1.29, 1.82) is 0 Å². The SMILES string of the molecule is CN(C)C[C@H]1CN(CC(=O)N(C)Cc2ccc(Cl)s2)CCO1.